The van der Waals surface area contributed by atoms with Crippen molar-refractivity contribution in [3.8, 4) is 11.5 Å². The van der Waals surface area contributed by atoms with Gasteiger partial charge in [-0.05, 0) is 49.2 Å². The van der Waals surface area contributed by atoms with Crippen LogP contribution in [0.4, 0.5) is 0 Å². The van der Waals surface area contributed by atoms with E-state index in [4.69, 9.17) is 9.47 Å². The Morgan fingerprint density at radius 3 is 2.48 bits per heavy atom. The molecule has 5 nitrogen and oxygen atoms in total. The fourth-order valence-electron chi connectivity index (χ4n) is 3.34. The van der Waals surface area contributed by atoms with Gasteiger partial charge in [0, 0.05) is 24.6 Å². The second-order valence-corrected chi connectivity index (χ2v) is 6.68. The minimum atomic E-state index is -0.147. The van der Waals surface area contributed by atoms with Crippen molar-refractivity contribution in [2.75, 3.05) is 26.8 Å². The molecule has 1 aliphatic heterocycles. The Morgan fingerprint density at radius 1 is 1.04 bits per heavy atom. The Morgan fingerprint density at radius 2 is 1.78 bits per heavy atom. The van der Waals surface area contributed by atoms with Crippen molar-refractivity contribution in [2.24, 2.45) is 5.92 Å². The lowest BCUT2D eigenvalue weighted by Gasteiger charge is -2.32. The number of amides is 1. The van der Waals surface area contributed by atoms with E-state index in [1.807, 2.05) is 30.3 Å². The molecule has 0 N–H and O–H groups in total. The molecule has 1 amide bonds. The first-order chi connectivity index (χ1) is 13.2. The number of para-hydroxylation sites is 1. The number of likely N-dealkylation sites (tertiary alicyclic amines) is 1. The van der Waals surface area contributed by atoms with Crippen LogP contribution in [0.2, 0.25) is 0 Å². The van der Waals surface area contributed by atoms with Gasteiger partial charge in [-0.1, -0.05) is 18.2 Å². The number of carbonyl (C=O) groups excluding carboxylic acids is 2. The smallest absolute Gasteiger partial charge is 0.226 e. The van der Waals surface area contributed by atoms with Gasteiger partial charge in [0.05, 0.1) is 20.1 Å². The van der Waals surface area contributed by atoms with Crippen LogP contribution in [0.3, 0.4) is 0 Å². The lowest BCUT2D eigenvalue weighted by molar-refractivity contribution is -0.133. The van der Waals surface area contributed by atoms with E-state index in [-0.39, 0.29) is 17.6 Å². The average Bonchev–Trinajstić information content (AvgIpc) is 2.74. The molecule has 1 fully saturated rings. The number of methoxy groups -OCH3 is 1. The zero-order valence-electron chi connectivity index (χ0n) is 15.6. The van der Waals surface area contributed by atoms with Gasteiger partial charge in [0.15, 0.2) is 5.78 Å². The van der Waals surface area contributed by atoms with Gasteiger partial charge in [0.1, 0.15) is 11.5 Å². The Labute approximate surface area is 159 Å². The first-order valence-corrected chi connectivity index (χ1v) is 9.31. The van der Waals surface area contributed by atoms with E-state index in [0.29, 0.717) is 31.7 Å². The number of hydrogen-bond acceptors (Lipinski definition) is 4. The molecular weight excluding hydrogens is 342 g/mol. The Hall–Kier alpha value is -2.82. The quantitative estimate of drug-likeness (QED) is 0.702. The third kappa shape index (κ3) is 5.09. The molecule has 1 unspecified atom stereocenters. The molecular formula is C22H25NO4. The molecule has 27 heavy (non-hydrogen) atoms. The second-order valence-electron chi connectivity index (χ2n) is 6.68. The zero-order chi connectivity index (χ0) is 19.1. The molecule has 0 saturated carbocycles. The first-order valence-electron chi connectivity index (χ1n) is 9.31. The summed E-state index contributed by atoms with van der Waals surface area (Å²) in [7, 11) is 1.60. The van der Waals surface area contributed by atoms with Gasteiger partial charge in [-0.2, -0.15) is 0 Å². The Bertz CT molecular complexity index is 758. The fourth-order valence-corrected chi connectivity index (χ4v) is 3.34. The van der Waals surface area contributed by atoms with Gasteiger partial charge >= 0.3 is 0 Å². The fraction of sp³-hybridized carbons (Fsp3) is 0.364. The molecule has 2 aromatic rings. The van der Waals surface area contributed by atoms with E-state index in [1.54, 1.807) is 36.3 Å². The molecule has 5 heteroatoms. The number of piperidine rings is 1. The van der Waals surface area contributed by atoms with Crippen LogP contribution in [0.5, 0.6) is 11.5 Å². The summed E-state index contributed by atoms with van der Waals surface area (Å²) in [5.41, 5.74) is 0.669. The Kier molecular flexibility index (Phi) is 6.47. The molecule has 142 valence electrons. The van der Waals surface area contributed by atoms with E-state index >= 15 is 0 Å². The number of benzene rings is 2. The summed E-state index contributed by atoms with van der Waals surface area (Å²) < 4.78 is 10.7. The summed E-state index contributed by atoms with van der Waals surface area (Å²) in [4.78, 5) is 27.1. The number of nitrogens with zero attached hydrogens (tertiary/aromatic N) is 1. The lowest BCUT2D eigenvalue weighted by Crippen LogP contribution is -2.42. The number of ketones is 1. The van der Waals surface area contributed by atoms with Gasteiger partial charge in [-0.15, -0.1) is 0 Å². The van der Waals surface area contributed by atoms with Crippen LogP contribution in [-0.4, -0.2) is 43.4 Å². The summed E-state index contributed by atoms with van der Waals surface area (Å²) in [6, 6.07) is 16.6. The molecule has 0 spiro atoms. The number of hydrogen-bond donors (Lipinski definition) is 0. The largest absolute Gasteiger partial charge is 0.497 e. The molecule has 1 heterocycles. The highest BCUT2D eigenvalue weighted by Crippen LogP contribution is 2.23. The number of carbonyl (C=O) groups is 2. The summed E-state index contributed by atoms with van der Waals surface area (Å²) in [6.45, 7) is 1.53. The maximum atomic E-state index is 12.8. The van der Waals surface area contributed by atoms with Crippen LogP contribution in [0.15, 0.2) is 54.6 Å². The van der Waals surface area contributed by atoms with E-state index in [0.717, 1.165) is 24.3 Å². The summed E-state index contributed by atoms with van der Waals surface area (Å²) in [5, 5.41) is 0. The van der Waals surface area contributed by atoms with Gasteiger partial charge in [-0.25, -0.2) is 0 Å². The lowest BCUT2D eigenvalue weighted by atomic mass is 9.90. The predicted octanol–water partition coefficient (Wildman–Crippen LogP) is 3.59. The molecule has 1 saturated heterocycles. The standard InChI is InChI=1S/C22H25NO4/c1-26-19-11-9-17(10-12-19)22(25)18-6-5-14-23(16-18)21(24)13-15-27-20-7-3-2-4-8-20/h2-4,7-12,18H,5-6,13-16H2,1H3. The third-order valence-electron chi connectivity index (χ3n) is 4.85. The van der Waals surface area contributed by atoms with Crippen LogP contribution >= 0.6 is 0 Å². The minimum Gasteiger partial charge on any atom is -0.497 e. The van der Waals surface area contributed by atoms with E-state index < -0.39 is 0 Å². The highest BCUT2D eigenvalue weighted by Gasteiger charge is 2.28. The molecule has 1 aliphatic rings. The van der Waals surface area contributed by atoms with E-state index in [9.17, 15) is 9.59 Å². The molecule has 2 aromatic carbocycles. The first kappa shape index (κ1) is 19.0. The summed E-state index contributed by atoms with van der Waals surface area (Å²) in [5.74, 6) is 1.47. The maximum Gasteiger partial charge on any atom is 0.226 e. The molecule has 0 bridgehead atoms. The van der Waals surface area contributed by atoms with E-state index in [2.05, 4.69) is 0 Å². The molecule has 0 aliphatic carbocycles. The van der Waals surface area contributed by atoms with Gasteiger partial charge < -0.3 is 14.4 Å². The summed E-state index contributed by atoms with van der Waals surface area (Å²) >= 11 is 0. The number of Topliss-reactive ketones (excluding diaryl/α,β-unsaturated/α-hetero) is 1. The van der Waals surface area contributed by atoms with Crippen molar-refractivity contribution in [2.45, 2.75) is 19.3 Å². The number of rotatable bonds is 7. The topological polar surface area (TPSA) is 55.8 Å². The van der Waals surface area contributed by atoms with Crippen LogP contribution in [0.1, 0.15) is 29.6 Å². The highest BCUT2D eigenvalue weighted by molar-refractivity contribution is 5.98. The SMILES string of the molecule is COc1ccc(C(=O)C2CCCN(C(=O)CCOc3ccccc3)C2)cc1. The molecule has 0 aromatic heterocycles. The zero-order valence-corrected chi connectivity index (χ0v) is 15.6. The van der Waals surface area contributed by atoms with Gasteiger partial charge in [0.25, 0.3) is 0 Å². The molecule has 3 rings (SSSR count). The molecule has 0 radical (unpaired) electrons. The monoisotopic (exact) mass is 367 g/mol. The number of ether oxygens (including phenoxy) is 2. The van der Waals surface area contributed by atoms with Crippen LogP contribution in [0, 0.1) is 5.92 Å². The van der Waals surface area contributed by atoms with Crippen molar-refractivity contribution in [3.63, 3.8) is 0 Å². The Balaban J connectivity index is 1.51. The van der Waals surface area contributed by atoms with Crippen LogP contribution < -0.4 is 9.47 Å². The van der Waals surface area contributed by atoms with Crippen molar-refractivity contribution in [3.05, 3.63) is 60.2 Å². The summed E-state index contributed by atoms with van der Waals surface area (Å²) in [6.07, 6.45) is 1.98. The van der Waals surface area contributed by atoms with E-state index in [1.165, 1.54) is 0 Å². The van der Waals surface area contributed by atoms with Gasteiger partial charge in [0.2, 0.25) is 5.91 Å². The predicted molar refractivity (Wildman–Crippen MR) is 103 cm³/mol. The van der Waals surface area contributed by atoms with Crippen LogP contribution in [0.25, 0.3) is 0 Å². The minimum absolute atomic E-state index is 0.0400. The molecule has 1 atom stereocenters. The van der Waals surface area contributed by atoms with Crippen LogP contribution in [-0.2, 0) is 4.79 Å². The average molecular weight is 367 g/mol. The van der Waals surface area contributed by atoms with Crippen molar-refractivity contribution >= 4 is 11.7 Å². The van der Waals surface area contributed by atoms with Gasteiger partial charge in [-0.3, -0.25) is 9.59 Å². The van der Waals surface area contributed by atoms with Crippen molar-refractivity contribution in [1.29, 1.82) is 0 Å². The maximum absolute atomic E-state index is 12.8. The normalized spacial score (nSPS) is 16.6. The highest BCUT2D eigenvalue weighted by atomic mass is 16.5. The van der Waals surface area contributed by atoms with Crippen molar-refractivity contribution in [1.82, 2.24) is 4.90 Å². The third-order valence-corrected chi connectivity index (χ3v) is 4.85. The van der Waals surface area contributed by atoms with Crippen molar-refractivity contribution < 1.29 is 19.1 Å². The second kappa shape index (κ2) is 9.21.